The predicted octanol–water partition coefficient (Wildman–Crippen LogP) is 4.21. The van der Waals surface area contributed by atoms with Gasteiger partial charge in [0.1, 0.15) is 11.5 Å². The molecule has 1 aliphatic rings. The Balaban J connectivity index is 2.30. The highest BCUT2D eigenvalue weighted by atomic mass is 16.3. The number of hydrogen-bond donors (Lipinski definition) is 2. The van der Waals surface area contributed by atoms with E-state index in [2.05, 4.69) is 6.92 Å². The molecule has 0 bridgehead atoms. The summed E-state index contributed by atoms with van der Waals surface area (Å²) in [6.45, 7) is 4.10. The van der Waals surface area contributed by atoms with Gasteiger partial charge in [-0.25, -0.2) is 0 Å². The fourth-order valence-corrected chi connectivity index (χ4v) is 3.39. The third kappa shape index (κ3) is 2.08. The van der Waals surface area contributed by atoms with E-state index in [0.29, 0.717) is 17.5 Å². The van der Waals surface area contributed by atoms with Crippen molar-refractivity contribution in [3.05, 3.63) is 46.5 Å². The quantitative estimate of drug-likeness (QED) is 0.758. The molecule has 0 aromatic heterocycles. The maximum Gasteiger partial charge on any atom is 0.194 e. The van der Waals surface area contributed by atoms with Crippen molar-refractivity contribution in [3.63, 3.8) is 0 Å². The fraction of sp³-hybridized carbons (Fsp3) is 0.316. The number of phenolic OH excluding ortho intramolecular Hbond substituents is 2. The first-order valence-electron chi connectivity index (χ1n) is 7.84. The van der Waals surface area contributed by atoms with E-state index in [4.69, 9.17) is 0 Å². The molecule has 3 heteroatoms. The van der Waals surface area contributed by atoms with Crippen molar-refractivity contribution in [2.45, 2.75) is 39.5 Å². The van der Waals surface area contributed by atoms with Crippen molar-refractivity contribution >= 4 is 5.78 Å². The average molecular weight is 296 g/mol. The molecule has 3 rings (SSSR count). The second kappa shape index (κ2) is 5.48. The Hall–Kier alpha value is -2.29. The molecule has 2 N–H and O–H groups in total. The molecule has 1 aliphatic carbocycles. The minimum absolute atomic E-state index is 0.0856. The van der Waals surface area contributed by atoms with Crippen LogP contribution in [0.3, 0.4) is 0 Å². The summed E-state index contributed by atoms with van der Waals surface area (Å²) in [6, 6.07) is 6.79. The molecule has 0 fully saturated rings. The number of carbonyl (C=O) groups excluding carboxylic acids is 1. The van der Waals surface area contributed by atoms with Crippen LogP contribution < -0.4 is 0 Å². The van der Waals surface area contributed by atoms with Crippen LogP contribution in [-0.2, 0) is 12.8 Å². The first-order valence-corrected chi connectivity index (χ1v) is 7.84. The summed E-state index contributed by atoms with van der Waals surface area (Å²) in [5, 5.41) is 20.1. The lowest BCUT2D eigenvalue weighted by Crippen LogP contribution is -2.01. The van der Waals surface area contributed by atoms with Crippen LogP contribution in [0.5, 0.6) is 11.5 Å². The van der Waals surface area contributed by atoms with Crippen LogP contribution in [-0.4, -0.2) is 16.0 Å². The van der Waals surface area contributed by atoms with E-state index in [0.717, 1.165) is 41.5 Å². The van der Waals surface area contributed by atoms with E-state index < -0.39 is 0 Å². The fourth-order valence-electron chi connectivity index (χ4n) is 3.39. The molecule has 0 heterocycles. The van der Waals surface area contributed by atoms with Crippen molar-refractivity contribution in [3.8, 4) is 22.6 Å². The maximum absolute atomic E-state index is 12.8. The predicted molar refractivity (Wildman–Crippen MR) is 86.6 cm³/mol. The van der Waals surface area contributed by atoms with Crippen LogP contribution in [0.25, 0.3) is 11.1 Å². The number of rotatable bonds is 4. The Bertz CT molecular complexity index is 760. The molecule has 0 radical (unpaired) electrons. The van der Waals surface area contributed by atoms with Crippen molar-refractivity contribution in [1.29, 1.82) is 0 Å². The molecule has 0 atom stereocenters. The Morgan fingerprint density at radius 1 is 0.909 bits per heavy atom. The zero-order chi connectivity index (χ0) is 15.9. The number of hydrogen-bond acceptors (Lipinski definition) is 3. The van der Waals surface area contributed by atoms with Gasteiger partial charge < -0.3 is 10.2 Å². The number of aromatic hydroxyl groups is 2. The molecule has 22 heavy (non-hydrogen) atoms. The molecule has 2 aromatic rings. The molecular weight excluding hydrogens is 276 g/mol. The zero-order valence-electron chi connectivity index (χ0n) is 12.9. The average Bonchev–Trinajstić information content (AvgIpc) is 2.76. The van der Waals surface area contributed by atoms with E-state index in [9.17, 15) is 15.0 Å². The third-order valence-corrected chi connectivity index (χ3v) is 4.25. The molecule has 0 saturated carbocycles. The van der Waals surface area contributed by atoms with E-state index in [1.54, 1.807) is 18.2 Å². The number of fused-ring (bicyclic) bond motifs is 3. The Kier molecular flexibility index (Phi) is 3.65. The van der Waals surface area contributed by atoms with E-state index in [-0.39, 0.29) is 17.3 Å². The molecule has 0 unspecified atom stereocenters. The van der Waals surface area contributed by atoms with Crippen molar-refractivity contribution in [1.82, 2.24) is 0 Å². The lowest BCUT2D eigenvalue weighted by molar-refractivity contribution is 0.104. The normalized spacial score (nSPS) is 12.4. The molecule has 3 nitrogen and oxygen atoms in total. The first-order chi connectivity index (χ1) is 10.6. The number of phenols is 2. The van der Waals surface area contributed by atoms with Crippen molar-refractivity contribution < 1.29 is 15.0 Å². The topological polar surface area (TPSA) is 57.5 Å². The molecule has 0 spiro atoms. The summed E-state index contributed by atoms with van der Waals surface area (Å²) < 4.78 is 0. The second-order valence-corrected chi connectivity index (χ2v) is 5.84. The highest BCUT2D eigenvalue weighted by Crippen LogP contribution is 2.44. The number of carbonyl (C=O) groups is 1. The van der Waals surface area contributed by atoms with Crippen molar-refractivity contribution in [2.24, 2.45) is 0 Å². The standard InChI is InChI=1S/C19H20O3/c1-3-5-11-9-12(20)10-15-17(11)14-7-8-16(21)13(6-4-2)18(14)19(15)22/h7-10,20-21H,3-6H2,1-2H3. The molecule has 0 aliphatic heterocycles. The van der Waals surface area contributed by atoms with Crippen molar-refractivity contribution in [2.75, 3.05) is 0 Å². The van der Waals surface area contributed by atoms with Gasteiger partial charge >= 0.3 is 0 Å². The summed E-state index contributed by atoms with van der Waals surface area (Å²) >= 11 is 0. The largest absolute Gasteiger partial charge is 0.508 e. The van der Waals surface area contributed by atoms with Crippen LogP contribution in [0.4, 0.5) is 0 Å². The van der Waals surface area contributed by atoms with Gasteiger partial charge in [0.25, 0.3) is 0 Å². The summed E-state index contributed by atoms with van der Waals surface area (Å²) in [6.07, 6.45) is 3.29. The van der Waals surface area contributed by atoms with E-state index >= 15 is 0 Å². The molecule has 114 valence electrons. The van der Waals surface area contributed by atoms with Crippen LogP contribution >= 0.6 is 0 Å². The van der Waals surface area contributed by atoms with Gasteiger partial charge in [-0.1, -0.05) is 26.7 Å². The lowest BCUT2D eigenvalue weighted by atomic mass is 9.94. The van der Waals surface area contributed by atoms with Gasteiger partial charge in [0.05, 0.1) is 0 Å². The monoisotopic (exact) mass is 296 g/mol. The third-order valence-electron chi connectivity index (χ3n) is 4.25. The van der Waals surface area contributed by atoms with Gasteiger partial charge in [0, 0.05) is 16.7 Å². The molecule has 0 saturated heterocycles. The SMILES string of the molecule is CCCc1cc(O)cc2c1-c1ccc(O)c(CCC)c1C2=O. The minimum atomic E-state index is -0.0856. The molecule has 0 amide bonds. The van der Waals surface area contributed by atoms with E-state index in [1.165, 1.54) is 0 Å². The number of ketones is 1. The van der Waals surface area contributed by atoms with Gasteiger partial charge in [-0.3, -0.25) is 4.79 Å². The number of aryl methyl sites for hydroxylation is 1. The van der Waals surface area contributed by atoms with Gasteiger partial charge in [0.2, 0.25) is 0 Å². The smallest absolute Gasteiger partial charge is 0.194 e. The van der Waals surface area contributed by atoms with Crippen LogP contribution in [0, 0.1) is 0 Å². The minimum Gasteiger partial charge on any atom is -0.508 e. The van der Waals surface area contributed by atoms with Gasteiger partial charge in [-0.2, -0.15) is 0 Å². The summed E-state index contributed by atoms with van der Waals surface area (Å²) in [5.74, 6) is 0.227. The van der Waals surface area contributed by atoms with Crippen LogP contribution in [0.2, 0.25) is 0 Å². The number of benzene rings is 2. The Labute approximate surface area is 130 Å². The summed E-state index contributed by atoms with van der Waals surface area (Å²) in [7, 11) is 0. The summed E-state index contributed by atoms with van der Waals surface area (Å²) in [4.78, 5) is 12.8. The highest BCUT2D eigenvalue weighted by molar-refractivity contribution is 6.23. The Morgan fingerprint density at radius 3 is 2.32 bits per heavy atom. The molecular formula is C19H20O3. The first kappa shape index (κ1) is 14.6. The lowest BCUT2D eigenvalue weighted by Gasteiger charge is -2.11. The van der Waals surface area contributed by atoms with Gasteiger partial charge in [-0.05, 0) is 53.8 Å². The Morgan fingerprint density at radius 2 is 1.64 bits per heavy atom. The van der Waals surface area contributed by atoms with Crippen LogP contribution in [0.15, 0.2) is 24.3 Å². The van der Waals surface area contributed by atoms with Gasteiger partial charge in [-0.15, -0.1) is 0 Å². The van der Waals surface area contributed by atoms with Gasteiger partial charge in [0.15, 0.2) is 5.78 Å². The summed E-state index contributed by atoms with van der Waals surface area (Å²) in [5.41, 5.74) is 4.71. The second-order valence-electron chi connectivity index (χ2n) is 5.84. The zero-order valence-corrected chi connectivity index (χ0v) is 12.9. The van der Waals surface area contributed by atoms with E-state index in [1.807, 2.05) is 13.0 Å². The van der Waals surface area contributed by atoms with Crippen LogP contribution in [0.1, 0.15) is 53.7 Å². The molecule has 2 aromatic carbocycles. The maximum atomic E-state index is 12.8. The highest BCUT2D eigenvalue weighted by Gasteiger charge is 2.32.